The van der Waals surface area contributed by atoms with Gasteiger partial charge in [-0.1, -0.05) is 0 Å². The Hall–Kier alpha value is -2.51. The van der Waals surface area contributed by atoms with Crippen LogP contribution in [0, 0.1) is 20.8 Å². The van der Waals surface area contributed by atoms with Crippen molar-refractivity contribution in [2.75, 3.05) is 34.3 Å². The summed E-state index contributed by atoms with van der Waals surface area (Å²) in [6.07, 6.45) is 0.779. The van der Waals surface area contributed by atoms with Crippen LogP contribution in [0.2, 0.25) is 0 Å². The molecule has 0 aliphatic carbocycles. The van der Waals surface area contributed by atoms with Gasteiger partial charge >= 0.3 is 140 Å². The fourth-order valence-corrected chi connectivity index (χ4v) is 4.66. The van der Waals surface area contributed by atoms with Crippen molar-refractivity contribution in [3.8, 4) is 5.75 Å². The number of nitrogens with zero attached hydrogens (tertiary/aromatic N) is 2. The molecule has 13 heteroatoms. The molecule has 1 rings (SSSR count). The van der Waals surface area contributed by atoms with Gasteiger partial charge in [0.1, 0.15) is 5.75 Å². The Morgan fingerprint density at radius 1 is 1.28 bits per heavy atom. The second kappa shape index (κ2) is 12.5. The summed E-state index contributed by atoms with van der Waals surface area (Å²) in [7, 11) is 1.06. The van der Waals surface area contributed by atoms with Gasteiger partial charge in [-0.15, -0.1) is 0 Å². The number of carbonyl (C=O) groups is 1. The molecule has 0 aliphatic rings. The number of amides is 1. The molecule has 0 spiro atoms. The topological polar surface area (TPSA) is 152 Å². The molecule has 0 fully saturated rings. The summed E-state index contributed by atoms with van der Waals surface area (Å²) >= 11 is 0. The second-order valence-electron chi connectivity index (χ2n) is 7.14. The van der Waals surface area contributed by atoms with Crippen molar-refractivity contribution in [3.63, 3.8) is 0 Å². The number of nitrogens with two attached hydrogens (primary N) is 1. The van der Waals surface area contributed by atoms with Gasteiger partial charge in [0.15, 0.2) is 0 Å². The van der Waals surface area contributed by atoms with Crippen LogP contribution in [0.25, 0.3) is 0 Å². The fraction of sp³-hybridized carbons (Fsp3) is 0.579. The molecule has 0 bridgehead atoms. The molecular weight excluding hydrogens is 437 g/mol. The molecule has 11 nitrogen and oxygen atoms in total. The van der Waals surface area contributed by atoms with Crippen molar-refractivity contribution in [3.05, 3.63) is 22.8 Å². The standard InChI is InChI=1S/C19H32BN5O6S/c1-12-10-16(30-5)13(2)14(3)17(12)32(28,29)24-19(21)22-9-7-8-15(23-11-20-27)18(26)25(4)31-6/h10,15,23H,7-9,11H2,1-6H3,(H3,21,22,24)/t15-/m1/s1. The molecule has 1 amide bonds. The molecule has 0 saturated heterocycles. The van der Waals surface area contributed by atoms with Gasteiger partial charge in [0.05, 0.1) is 7.11 Å². The molecule has 0 saturated carbocycles. The average molecular weight is 469 g/mol. The molecule has 178 valence electrons. The number of ether oxygens (including phenoxy) is 1. The normalized spacial score (nSPS) is 12.8. The summed E-state index contributed by atoms with van der Waals surface area (Å²) in [6, 6.07) is 1.01. The van der Waals surface area contributed by atoms with E-state index in [1.807, 2.05) is 0 Å². The van der Waals surface area contributed by atoms with Crippen LogP contribution in [0.4, 0.5) is 0 Å². The molecule has 0 heterocycles. The van der Waals surface area contributed by atoms with Crippen molar-refractivity contribution >= 4 is 29.0 Å². The zero-order chi connectivity index (χ0) is 24.5. The first-order valence-electron chi connectivity index (χ1n) is 9.96. The maximum absolute atomic E-state index is 12.9. The Balaban J connectivity index is 2.85. The van der Waals surface area contributed by atoms with E-state index in [4.69, 9.17) is 15.3 Å². The van der Waals surface area contributed by atoms with Gasteiger partial charge in [-0.05, 0) is 32.4 Å². The smallest absolute Gasteiger partial charge is 0.0380 e. The van der Waals surface area contributed by atoms with E-state index >= 15 is 0 Å². The van der Waals surface area contributed by atoms with E-state index < -0.39 is 16.1 Å². The molecule has 0 aromatic heterocycles. The third-order valence-corrected chi connectivity index (χ3v) is 6.61. The van der Waals surface area contributed by atoms with Gasteiger partial charge < -0.3 is 4.74 Å². The van der Waals surface area contributed by atoms with Crippen LogP contribution >= 0.6 is 0 Å². The molecule has 0 unspecified atom stereocenters. The number of methoxy groups -OCH3 is 1. The zero-order valence-corrected chi connectivity index (χ0v) is 20.2. The molecule has 4 N–H and O–H groups in total. The number of benzene rings is 1. The summed E-state index contributed by atoms with van der Waals surface area (Å²) < 4.78 is 43.9. The first-order chi connectivity index (χ1) is 15.0. The molecular formula is C19H32BN5O6S. The minimum atomic E-state index is -3.95. The Morgan fingerprint density at radius 2 is 1.94 bits per heavy atom. The van der Waals surface area contributed by atoms with Crippen LogP contribution in [-0.4, -0.2) is 72.8 Å². The van der Waals surface area contributed by atoms with Gasteiger partial charge in [0.2, 0.25) is 0 Å². The first-order valence-corrected chi connectivity index (χ1v) is 11.4. The minimum absolute atomic E-state index is 0.0130. The monoisotopic (exact) mass is 469 g/mol. The molecule has 1 aromatic carbocycles. The van der Waals surface area contributed by atoms with E-state index in [1.165, 1.54) is 21.3 Å². The Bertz CT molecular complexity index is 954. The van der Waals surface area contributed by atoms with Gasteiger partial charge in [0, 0.05) is 0 Å². The van der Waals surface area contributed by atoms with E-state index in [0.717, 1.165) is 5.06 Å². The van der Waals surface area contributed by atoms with Crippen LogP contribution < -0.4 is 20.5 Å². The number of aryl methyl sites for hydroxylation is 1. The fourth-order valence-electron chi connectivity index (χ4n) is 3.18. The molecule has 1 aromatic rings. The van der Waals surface area contributed by atoms with Crippen LogP contribution in [0.1, 0.15) is 29.5 Å². The average Bonchev–Trinajstić information content (AvgIpc) is 2.74. The van der Waals surface area contributed by atoms with Crippen molar-refractivity contribution < 1.29 is 27.5 Å². The van der Waals surface area contributed by atoms with E-state index in [2.05, 4.69) is 15.0 Å². The maximum atomic E-state index is 12.9. The number of aliphatic imine (C=N–C) groups is 1. The number of likely N-dealkylation sites (N-methyl/N-ethyl adjacent to an activating group) is 1. The molecule has 1 atom stereocenters. The number of guanidine groups is 1. The van der Waals surface area contributed by atoms with Crippen LogP contribution in [0.15, 0.2) is 16.0 Å². The van der Waals surface area contributed by atoms with E-state index in [-0.39, 0.29) is 29.8 Å². The SMILES string of the molecule is COc1cc(C)c(S(=O)(=O)NC(N)=NCCC[C@@H](NCB=O)C(=O)N(C)OC)c(C)c1C. The van der Waals surface area contributed by atoms with E-state index in [1.54, 1.807) is 26.8 Å². The van der Waals surface area contributed by atoms with Crippen LogP contribution in [-0.2, 0) is 24.4 Å². The number of hydroxylamine groups is 2. The van der Waals surface area contributed by atoms with Crippen molar-refractivity contribution in [1.82, 2.24) is 15.1 Å². The first kappa shape index (κ1) is 27.5. The summed E-state index contributed by atoms with van der Waals surface area (Å²) in [5, 5.41) is 3.88. The summed E-state index contributed by atoms with van der Waals surface area (Å²) in [6.45, 7) is 5.34. The van der Waals surface area contributed by atoms with Crippen molar-refractivity contribution in [2.24, 2.45) is 10.7 Å². The summed E-state index contributed by atoms with van der Waals surface area (Å²) in [5.74, 6) is 0.00911. The molecule has 32 heavy (non-hydrogen) atoms. The number of hydrogen-bond donors (Lipinski definition) is 3. The number of hydrogen-bond acceptors (Lipinski definition) is 8. The molecule has 0 aliphatic heterocycles. The van der Waals surface area contributed by atoms with E-state index in [0.29, 0.717) is 42.4 Å². The number of sulfonamides is 1. The van der Waals surface area contributed by atoms with Gasteiger partial charge in [-0.25, -0.2) is 0 Å². The predicted octanol–water partition coefficient (Wildman–Crippen LogP) is -0.0211. The van der Waals surface area contributed by atoms with E-state index in [9.17, 15) is 17.9 Å². The molecule has 0 radical (unpaired) electrons. The summed E-state index contributed by atoms with van der Waals surface area (Å²) in [4.78, 5) is 21.3. The Labute approximate surface area is 190 Å². The second-order valence-corrected chi connectivity index (χ2v) is 8.75. The van der Waals surface area contributed by atoms with Gasteiger partial charge in [0.25, 0.3) is 0 Å². The quantitative estimate of drug-likeness (QED) is 0.127. The zero-order valence-electron chi connectivity index (χ0n) is 19.4. The Kier molecular flexibility index (Phi) is 10.8. The minimum Gasteiger partial charge on any atom is -0.0380 e. The van der Waals surface area contributed by atoms with Crippen molar-refractivity contribution in [1.29, 1.82) is 0 Å². The van der Waals surface area contributed by atoms with Crippen molar-refractivity contribution in [2.45, 2.75) is 44.6 Å². The van der Waals surface area contributed by atoms with Gasteiger partial charge in [-0.3, -0.25) is 0 Å². The van der Waals surface area contributed by atoms with Crippen LogP contribution in [0.5, 0.6) is 5.75 Å². The van der Waals surface area contributed by atoms with Crippen LogP contribution in [0.3, 0.4) is 0 Å². The number of carbonyl (C=O) groups excluding carboxylic acids is 1. The number of nitrogens with one attached hydrogen (secondary N) is 2. The third kappa shape index (κ3) is 7.28. The third-order valence-electron chi connectivity index (χ3n) is 4.97. The summed E-state index contributed by atoms with van der Waals surface area (Å²) in [5.41, 5.74) is 7.60. The Morgan fingerprint density at radius 3 is 2.50 bits per heavy atom. The number of rotatable bonds is 12. The van der Waals surface area contributed by atoms with Gasteiger partial charge in [-0.2, -0.15) is 0 Å². The predicted molar refractivity (Wildman–Crippen MR) is 121 cm³/mol.